The van der Waals surface area contributed by atoms with Gasteiger partial charge in [0.25, 0.3) is 0 Å². The molecule has 3 heterocycles. The molecular weight excluding hydrogens is 240 g/mol. The van der Waals surface area contributed by atoms with Gasteiger partial charge in [-0.3, -0.25) is 0 Å². The van der Waals surface area contributed by atoms with E-state index in [9.17, 15) is 0 Å². The summed E-state index contributed by atoms with van der Waals surface area (Å²) in [6, 6.07) is 5.98. The Hall–Kier alpha value is -1.75. The Kier molecular flexibility index (Phi) is 3.29. The van der Waals surface area contributed by atoms with Crippen molar-refractivity contribution in [2.75, 3.05) is 6.54 Å². The van der Waals surface area contributed by atoms with Crippen LogP contribution in [0.15, 0.2) is 22.7 Å². The summed E-state index contributed by atoms with van der Waals surface area (Å²) in [7, 11) is 0. The number of aryl methyl sites for hydroxylation is 1. The SMILES string of the molecule is Cc1cccc(-c2noc(C3NCCCC3C)n2)n1. The molecule has 0 amide bonds. The van der Waals surface area contributed by atoms with E-state index < -0.39 is 0 Å². The van der Waals surface area contributed by atoms with Gasteiger partial charge in [-0.05, 0) is 44.4 Å². The van der Waals surface area contributed by atoms with Crippen LogP contribution in [0.2, 0.25) is 0 Å². The molecule has 2 aromatic rings. The summed E-state index contributed by atoms with van der Waals surface area (Å²) in [5, 5.41) is 7.49. The number of aromatic nitrogens is 3. The summed E-state index contributed by atoms with van der Waals surface area (Å²) in [6.07, 6.45) is 2.40. The average molecular weight is 258 g/mol. The van der Waals surface area contributed by atoms with Crippen LogP contribution in [0.5, 0.6) is 0 Å². The summed E-state index contributed by atoms with van der Waals surface area (Å²) in [5.41, 5.74) is 1.71. The Morgan fingerprint density at radius 1 is 1.32 bits per heavy atom. The molecule has 1 aliphatic rings. The Morgan fingerprint density at radius 3 is 3.00 bits per heavy atom. The third-order valence-corrected chi connectivity index (χ3v) is 3.59. The lowest BCUT2D eigenvalue weighted by Crippen LogP contribution is -2.33. The Balaban J connectivity index is 1.86. The number of rotatable bonds is 2. The fourth-order valence-corrected chi connectivity index (χ4v) is 2.51. The summed E-state index contributed by atoms with van der Waals surface area (Å²) in [5.74, 6) is 1.76. The molecule has 0 radical (unpaired) electrons. The summed E-state index contributed by atoms with van der Waals surface area (Å²) in [4.78, 5) is 8.91. The molecule has 5 nitrogen and oxygen atoms in total. The summed E-state index contributed by atoms with van der Waals surface area (Å²) in [6.45, 7) is 5.18. The van der Waals surface area contributed by atoms with Crippen LogP contribution in [0.25, 0.3) is 11.5 Å². The van der Waals surface area contributed by atoms with E-state index in [-0.39, 0.29) is 6.04 Å². The number of piperidine rings is 1. The number of nitrogens with zero attached hydrogens (tertiary/aromatic N) is 3. The van der Waals surface area contributed by atoms with Gasteiger partial charge in [-0.15, -0.1) is 0 Å². The van der Waals surface area contributed by atoms with Crippen molar-refractivity contribution < 1.29 is 4.52 Å². The molecule has 100 valence electrons. The molecule has 3 rings (SSSR count). The minimum Gasteiger partial charge on any atom is -0.337 e. The molecule has 0 aliphatic carbocycles. The van der Waals surface area contributed by atoms with Crippen molar-refractivity contribution in [3.8, 4) is 11.5 Å². The van der Waals surface area contributed by atoms with Crippen LogP contribution in [0.3, 0.4) is 0 Å². The quantitative estimate of drug-likeness (QED) is 0.896. The normalized spacial score (nSPS) is 23.5. The van der Waals surface area contributed by atoms with Crippen molar-refractivity contribution in [2.24, 2.45) is 5.92 Å². The van der Waals surface area contributed by atoms with Crippen LogP contribution >= 0.6 is 0 Å². The number of pyridine rings is 1. The van der Waals surface area contributed by atoms with E-state index in [0.717, 1.165) is 17.9 Å². The van der Waals surface area contributed by atoms with Crippen molar-refractivity contribution in [1.29, 1.82) is 0 Å². The number of hydrogen-bond acceptors (Lipinski definition) is 5. The maximum absolute atomic E-state index is 5.41. The van der Waals surface area contributed by atoms with Crippen LogP contribution in [0.1, 0.15) is 37.4 Å². The van der Waals surface area contributed by atoms with Gasteiger partial charge in [-0.2, -0.15) is 4.98 Å². The number of hydrogen-bond donors (Lipinski definition) is 1. The zero-order chi connectivity index (χ0) is 13.2. The van der Waals surface area contributed by atoms with Crippen LogP contribution < -0.4 is 5.32 Å². The maximum Gasteiger partial charge on any atom is 0.244 e. The van der Waals surface area contributed by atoms with Gasteiger partial charge in [0, 0.05) is 5.69 Å². The zero-order valence-corrected chi connectivity index (χ0v) is 11.3. The van der Waals surface area contributed by atoms with E-state index in [1.54, 1.807) is 0 Å². The first-order valence-electron chi connectivity index (χ1n) is 6.75. The summed E-state index contributed by atoms with van der Waals surface area (Å²) >= 11 is 0. The predicted octanol–water partition coefficient (Wildman–Crippen LogP) is 2.50. The Morgan fingerprint density at radius 2 is 2.21 bits per heavy atom. The molecule has 2 aromatic heterocycles. The molecule has 0 spiro atoms. The highest BCUT2D eigenvalue weighted by Gasteiger charge is 2.27. The third kappa shape index (κ3) is 2.51. The van der Waals surface area contributed by atoms with Gasteiger partial charge in [0.05, 0.1) is 6.04 Å². The molecule has 19 heavy (non-hydrogen) atoms. The molecule has 2 atom stereocenters. The lowest BCUT2D eigenvalue weighted by molar-refractivity contribution is 0.239. The Labute approximate surface area is 112 Å². The fraction of sp³-hybridized carbons (Fsp3) is 0.500. The van der Waals surface area contributed by atoms with Crippen molar-refractivity contribution in [3.63, 3.8) is 0 Å². The molecule has 1 fully saturated rings. The second kappa shape index (κ2) is 5.09. The molecule has 0 aromatic carbocycles. The van der Waals surface area contributed by atoms with Crippen molar-refractivity contribution in [1.82, 2.24) is 20.4 Å². The molecule has 0 saturated carbocycles. The zero-order valence-electron chi connectivity index (χ0n) is 11.3. The maximum atomic E-state index is 5.41. The molecule has 0 bridgehead atoms. The highest BCUT2D eigenvalue weighted by molar-refractivity contribution is 5.48. The van der Waals surface area contributed by atoms with Crippen LogP contribution in [0, 0.1) is 12.8 Å². The minimum absolute atomic E-state index is 0.166. The largest absolute Gasteiger partial charge is 0.337 e. The molecule has 1 aliphatic heterocycles. The monoisotopic (exact) mass is 258 g/mol. The van der Waals surface area contributed by atoms with Gasteiger partial charge >= 0.3 is 0 Å². The molecule has 5 heteroatoms. The first kappa shape index (κ1) is 12.3. The van der Waals surface area contributed by atoms with Gasteiger partial charge in [-0.1, -0.05) is 18.1 Å². The van der Waals surface area contributed by atoms with Gasteiger partial charge in [0.1, 0.15) is 5.69 Å². The standard InChI is InChI=1S/C14H18N4O/c1-9-5-4-8-15-12(9)14-17-13(18-19-14)11-7-3-6-10(2)16-11/h3,6-7,9,12,15H,4-5,8H2,1-2H3. The topological polar surface area (TPSA) is 63.8 Å². The van der Waals surface area contributed by atoms with Crippen LogP contribution in [-0.2, 0) is 0 Å². The minimum atomic E-state index is 0.166. The van der Waals surface area contributed by atoms with E-state index in [2.05, 4.69) is 27.4 Å². The van der Waals surface area contributed by atoms with Gasteiger partial charge in [-0.25, -0.2) is 4.98 Å². The fourth-order valence-electron chi connectivity index (χ4n) is 2.51. The van der Waals surface area contributed by atoms with E-state index in [1.165, 1.54) is 12.8 Å². The van der Waals surface area contributed by atoms with Crippen LogP contribution in [0.4, 0.5) is 0 Å². The highest BCUT2D eigenvalue weighted by Crippen LogP contribution is 2.28. The molecule has 1 N–H and O–H groups in total. The lowest BCUT2D eigenvalue weighted by Gasteiger charge is -2.26. The third-order valence-electron chi connectivity index (χ3n) is 3.59. The molecule has 1 saturated heterocycles. The number of nitrogens with one attached hydrogen (secondary N) is 1. The van der Waals surface area contributed by atoms with Crippen molar-refractivity contribution in [2.45, 2.75) is 32.7 Å². The van der Waals surface area contributed by atoms with Crippen LogP contribution in [-0.4, -0.2) is 21.7 Å². The van der Waals surface area contributed by atoms with E-state index in [0.29, 0.717) is 17.6 Å². The highest BCUT2D eigenvalue weighted by atomic mass is 16.5. The van der Waals surface area contributed by atoms with Gasteiger partial charge in [0.2, 0.25) is 11.7 Å². The molecular formula is C14H18N4O. The van der Waals surface area contributed by atoms with Gasteiger partial charge in [0.15, 0.2) is 0 Å². The molecule has 2 unspecified atom stereocenters. The first-order valence-corrected chi connectivity index (χ1v) is 6.75. The lowest BCUT2D eigenvalue weighted by atomic mass is 9.93. The van der Waals surface area contributed by atoms with Gasteiger partial charge < -0.3 is 9.84 Å². The van der Waals surface area contributed by atoms with E-state index in [4.69, 9.17) is 4.52 Å². The Bertz CT molecular complexity index is 566. The average Bonchev–Trinajstić information content (AvgIpc) is 2.89. The first-order chi connectivity index (χ1) is 9.24. The van der Waals surface area contributed by atoms with Crippen molar-refractivity contribution >= 4 is 0 Å². The second-order valence-electron chi connectivity index (χ2n) is 5.17. The summed E-state index contributed by atoms with van der Waals surface area (Å²) < 4.78 is 5.41. The van der Waals surface area contributed by atoms with E-state index >= 15 is 0 Å². The van der Waals surface area contributed by atoms with Crippen molar-refractivity contribution in [3.05, 3.63) is 29.8 Å². The second-order valence-corrected chi connectivity index (χ2v) is 5.17. The smallest absolute Gasteiger partial charge is 0.244 e. The predicted molar refractivity (Wildman–Crippen MR) is 71.4 cm³/mol. The van der Waals surface area contributed by atoms with E-state index in [1.807, 2.05) is 25.1 Å².